The highest BCUT2D eigenvalue weighted by molar-refractivity contribution is 7.13. The normalized spacial score (nSPS) is 9.40. The number of hydrogen-bond donors (Lipinski definition) is 1. The van der Waals surface area contributed by atoms with Crippen LogP contribution in [-0.2, 0) is 0 Å². The van der Waals surface area contributed by atoms with Gasteiger partial charge >= 0.3 is 0 Å². The van der Waals surface area contributed by atoms with Gasteiger partial charge in [0, 0.05) is 12.4 Å². The van der Waals surface area contributed by atoms with Crippen LogP contribution in [0, 0.1) is 0 Å². The molecule has 0 aliphatic heterocycles. The molecule has 1 rings (SSSR count). The Morgan fingerprint density at radius 3 is 2.90 bits per heavy atom. The molecule has 0 aliphatic rings. The average molecular weight is 157 g/mol. The lowest BCUT2D eigenvalue weighted by molar-refractivity contribution is 0.111. The summed E-state index contributed by atoms with van der Waals surface area (Å²) in [6, 6.07) is 0. The lowest BCUT2D eigenvalue weighted by Gasteiger charge is -2.04. The van der Waals surface area contributed by atoms with E-state index in [-0.39, 0.29) is 0 Å². The van der Waals surface area contributed by atoms with Gasteiger partial charge in [0.2, 0.25) is 0 Å². The monoisotopic (exact) mass is 157 g/mol. The zero-order valence-corrected chi connectivity index (χ0v) is 6.26. The molecule has 1 heterocycles. The maximum atomic E-state index is 10.1. The average Bonchev–Trinajstić information content (AvgIpc) is 2.34. The van der Waals surface area contributed by atoms with Gasteiger partial charge in [-0.3, -0.25) is 9.80 Å². The minimum absolute atomic E-state index is 0.428. The van der Waals surface area contributed by atoms with Gasteiger partial charge in [-0.1, -0.05) is 0 Å². The van der Waals surface area contributed by atoms with E-state index in [9.17, 15) is 4.79 Å². The molecule has 5 heteroatoms. The fourth-order valence-corrected chi connectivity index (χ4v) is 1.15. The largest absolute Gasteiger partial charge is 0.296 e. The number of nitrogens with zero attached hydrogens (tertiary/aromatic N) is 2. The molecular formula is C5H7N3OS. The molecule has 0 fully saturated rings. The summed E-state index contributed by atoms with van der Waals surface area (Å²) in [4.78, 5) is 14.0. The molecule has 0 atom stereocenters. The second-order valence-corrected chi connectivity index (χ2v) is 2.62. The lowest BCUT2D eigenvalue weighted by Crippen LogP contribution is -2.24. The molecular weight excluding hydrogens is 150 g/mol. The summed E-state index contributed by atoms with van der Waals surface area (Å²) in [5.74, 6) is 5.35. The van der Waals surface area contributed by atoms with Crippen LogP contribution in [0.5, 0.6) is 0 Å². The van der Waals surface area contributed by atoms with E-state index in [2.05, 4.69) is 4.98 Å². The first-order valence-corrected chi connectivity index (χ1v) is 3.51. The van der Waals surface area contributed by atoms with Crippen molar-refractivity contribution in [2.24, 2.45) is 5.84 Å². The zero-order valence-electron chi connectivity index (χ0n) is 5.44. The number of aldehydes is 1. The summed E-state index contributed by atoms with van der Waals surface area (Å²) in [5.41, 5.74) is 0.428. The highest BCUT2D eigenvalue weighted by atomic mass is 32.1. The summed E-state index contributed by atoms with van der Waals surface area (Å²) >= 11 is 1.34. The van der Waals surface area contributed by atoms with E-state index >= 15 is 0 Å². The van der Waals surface area contributed by atoms with Crippen LogP contribution in [0.4, 0.5) is 5.13 Å². The zero-order chi connectivity index (χ0) is 7.56. The van der Waals surface area contributed by atoms with Gasteiger partial charge in [-0.2, -0.15) is 0 Å². The molecule has 0 amide bonds. The second kappa shape index (κ2) is 2.76. The predicted molar refractivity (Wildman–Crippen MR) is 40.1 cm³/mol. The van der Waals surface area contributed by atoms with Gasteiger partial charge in [0.15, 0.2) is 11.4 Å². The molecule has 0 saturated heterocycles. The topological polar surface area (TPSA) is 59.2 Å². The van der Waals surface area contributed by atoms with Crippen LogP contribution in [0.15, 0.2) is 5.38 Å². The fourth-order valence-electron chi connectivity index (χ4n) is 0.492. The van der Waals surface area contributed by atoms with Gasteiger partial charge in [0.1, 0.15) is 5.69 Å². The highest BCUT2D eigenvalue weighted by Gasteiger charge is 2.00. The smallest absolute Gasteiger partial charge is 0.200 e. The standard InChI is InChI=1S/C5H7N3OS/c1-8(6)5-7-4(2-9)3-10-5/h2-3H,6H2,1H3. The molecule has 0 aliphatic carbocycles. The molecule has 1 aromatic heterocycles. The molecule has 2 N–H and O–H groups in total. The maximum Gasteiger partial charge on any atom is 0.200 e. The third-order valence-corrected chi connectivity index (χ3v) is 1.88. The van der Waals surface area contributed by atoms with E-state index in [0.29, 0.717) is 17.1 Å². The number of hydrazine groups is 1. The Hall–Kier alpha value is -0.940. The Labute approximate surface area is 62.3 Å². The van der Waals surface area contributed by atoms with E-state index in [1.807, 2.05) is 0 Å². The number of aromatic nitrogens is 1. The van der Waals surface area contributed by atoms with Gasteiger partial charge in [-0.15, -0.1) is 11.3 Å². The van der Waals surface area contributed by atoms with Crippen LogP contribution in [0.2, 0.25) is 0 Å². The van der Waals surface area contributed by atoms with Crippen LogP contribution in [-0.4, -0.2) is 18.3 Å². The third kappa shape index (κ3) is 1.31. The number of carbonyl (C=O) groups is 1. The number of rotatable bonds is 2. The van der Waals surface area contributed by atoms with Crippen molar-refractivity contribution in [3.63, 3.8) is 0 Å². The molecule has 0 saturated carbocycles. The number of carbonyl (C=O) groups excluding carboxylic acids is 1. The summed E-state index contributed by atoms with van der Waals surface area (Å²) in [6.45, 7) is 0. The summed E-state index contributed by atoms with van der Waals surface area (Å²) < 4.78 is 0. The fraction of sp³-hybridized carbons (Fsp3) is 0.200. The van der Waals surface area contributed by atoms with Gasteiger partial charge in [-0.25, -0.2) is 10.8 Å². The van der Waals surface area contributed by atoms with Crippen molar-refractivity contribution in [2.45, 2.75) is 0 Å². The third-order valence-electron chi connectivity index (χ3n) is 0.932. The van der Waals surface area contributed by atoms with Crippen molar-refractivity contribution in [1.82, 2.24) is 4.98 Å². The first-order chi connectivity index (χ1) is 4.74. The van der Waals surface area contributed by atoms with Crippen molar-refractivity contribution in [3.8, 4) is 0 Å². The number of thiazole rings is 1. The number of anilines is 1. The molecule has 0 radical (unpaired) electrons. The van der Waals surface area contributed by atoms with Crippen molar-refractivity contribution in [1.29, 1.82) is 0 Å². The first-order valence-electron chi connectivity index (χ1n) is 2.63. The van der Waals surface area contributed by atoms with Gasteiger partial charge in [-0.05, 0) is 0 Å². The maximum absolute atomic E-state index is 10.1. The SMILES string of the molecule is CN(N)c1nc(C=O)cs1. The molecule has 0 spiro atoms. The van der Waals surface area contributed by atoms with Crippen LogP contribution in [0.25, 0.3) is 0 Å². The molecule has 1 aromatic rings. The van der Waals surface area contributed by atoms with E-state index in [4.69, 9.17) is 5.84 Å². The Kier molecular flexibility index (Phi) is 1.98. The molecule has 10 heavy (non-hydrogen) atoms. The molecule has 4 nitrogen and oxygen atoms in total. The summed E-state index contributed by atoms with van der Waals surface area (Å²) in [6.07, 6.45) is 0.698. The molecule has 0 aromatic carbocycles. The van der Waals surface area contributed by atoms with Gasteiger partial charge in [0.25, 0.3) is 0 Å². The van der Waals surface area contributed by atoms with E-state index in [1.165, 1.54) is 16.3 Å². The van der Waals surface area contributed by atoms with E-state index in [0.717, 1.165) is 0 Å². The van der Waals surface area contributed by atoms with E-state index < -0.39 is 0 Å². The first kappa shape index (κ1) is 7.17. The minimum Gasteiger partial charge on any atom is -0.296 e. The Morgan fingerprint density at radius 1 is 1.90 bits per heavy atom. The van der Waals surface area contributed by atoms with Gasteiger partial charge < -0.3 is 0 Å². The Balaban J connectivity index is 2.88. The minimum atomic E-state index is 0.428. The van der Waals surface area contributed by atoms with Crippen LogP contribution >= 0.6 is 11.3 Å². The number of nitrogens with two attached hydrogens (primary N) is 1. The Bertz CT molecular complexity index is 233. The van der Waals surface area contributed by atoms with Crippen molar-refractivity contribution >= 4 is 22.8 Å². The number of hydrogen-bond acceptors (Lipinski definition) is 5. The van der Waals surface area contributed by atoms with Crippen LogP contribution in [0.3, 0.4) is 0 Å². The van der Waals surface area contributed by atoms with Crippen molar-refractivity contribution in [3.05, 3.63) is 11.1 Å². The second-order valence-electron chi connectivity index (χ2n) is 1.78. The molecule has 0 unspecified atom stereocenters. The van der Waals surface area contributed by atoms with Gasteiger partial charge in [0.05, 0.1) is 0 Å². The molecule has 0 bridgehead atoms. The highest BCUT2D eigenvalue weighted by Crippen LogP contribution is 2.14. The predicted octanol–water partition coefficient (Wildman–Crippen LogP) is 0.266. The summed E-state index contributed by atoms with van der Waals surface area (Å²) in [5, 5.41) is 3.67. The summed E-state index contributed by atoms with van der Waals surface area (Å²) in [7, 11) is 1.67. The van der Waals surface area contributed by atoms with Crippen LogP contribution < -0.4 is 10.9 Å². The quantitative estimate of drug-likeness (QED) is 0.380. The molecule has 54 valence electrons. The van der Waals surface area contributed by atoms with Crippen molar-refractivity contribution in [2.75, 3.05) is 12.1 Å². The van der Waals surface area contributed by atoms with Crippen molar-refractivity contribution < 1.29 is 4.79 Å². The Morgan fingerprint density at radius 2 is 2.60 bits per heavy atom. The van der Waals surface area contributed by atoms with E-state index in [1.54, 1.807) is 12.4 Å². The lowest BCUT2D eigenvalue weighted by atomic mass is 10.6. The van der Waals surface area contributed by atoms with Crippen LogP contribution in [0.1, 0.15) is 10.5 Å².